The lowest BCUT2D eigenvalue weighted by molar-refractivity contribution is 0.279. The Hall–Kier alpha value is -0.520. The second-order valence-electron chi connectivity index (χ2n) is 4.74. The van der Waals surface area contributed by atoms with Crippen LogP contribution >= 0.6 is 15.2 Å². The first-order valence-corrected chi connectivity index (χ1v) is 9.52. The summed E-state index contributed by atoms with van der Waals surface area (Å²) in [5.41, 5.74) is 2.04. The summed E-state index contributed by atoms with van der Waals surface area (Å²) < 4.78 is 22.0. The van der Waals surface area contributed by atoms with Gasteiger partial charge in [-0.3, -0.25) is 14.0 Å². The molecule has 0 aliphatic heterocycles. The summed E-state index contributed by atoms with van der Waals surface area (Å²) in [6.07, 6.45) is -0.867. The zero-order valence-corrected chi connectivity index (χ0v) is 12.9. The lowest BCUT2D eigenvalue weighted by atomic mass is 10.1. The van der Waals surface area contributed by atoms with Crippen LogP contribution in [0.4, 0.5) is 0 Å². The van der Waals surface area contributed by atoms with Crippen LogP contribution in [0.1, 0.15) is 11.1 Å². The van der Waals surface area contributed by atoms with E-state index in [0.717, 1.165) is 16.0 Å². The maximum absolute atomic E-state index is 11.0. The Morgan fingerprint density at radius 2 is 1.40 bits per heavy atom. The van der Waals surface area contributed by atoms with E-state index in [9.17, 15) is 9.13 Å². The number of aryl methyl sites for hydroxylation is 1. The van der Waals surface area contributed by atoms with Gasteiger partial charge in [-0.25, -0.2) is 0 Å². The van der Waals surface area contributed by atoms with Gasteiger partial charge in [-0.05, 0) is 18.9 Å². The smallest absolute Gasteiger partial charge is 0.324 e. The Morgan fingerprint density at radius 3 is 1.80 bits per heavy atom. The number of benzene rings is 1. The van der Waals surface area contributed by atoms with Gasteiger partial charge in [-0.15, -0.1) is 0 Å². The highest BCUT2D eigenvalue weighted by Gasteiger charge is 2.25. The third kappa shape index (κ3) is 7.92. The molecule has 7 nitrogen and oxygen atoms in total. The van der Waals surface area contributed by atoms with Gasteiger partial charge in [-0.1, -0.05) is 29.8 Å². The Balaban J connectivity index is 2.66. The molecule has 0 saturated carbocycles. The lowest BCUT2D eigenvalue weighted by Gasteiger charge is -2.22. The van der Waals surface area contributed by atoms with Crippen molar-refractivity contribution in [3.8, 4) is 0 Å². The van der Waals surface area contributed by atoms with Gasteiger partial charge in [0.1, 0.15) is 12.6 Å². The van der Waals surface area contributed by atoms with Crippen molar-refractivity contribution in [2.45, 2.75) is 13.3 Å². The van der Waals surface area contributed by atoms with Crippen molar-refractivity contribution in [2.75, 3.05) is 19.1 Å². The first-order chi connectivity index (χ1) is 9.05. The molecule has 114 valence electrons. The van der Waals surface area contributed by atoms with E-state index in [-0.39, 0.29) is 6.54 Å². The van der Waals surface area contributed by atoms with Gasteiger partial charge in [-0.2, -0.15) is 0 Å². The highest BCUT2D eigenvalue weighted by molar-refractivity contribution is 7.52. The van der Waals surface area contributed by atoms with Crippen LogP contribution in [0.15, 0.2) is 24.3 Å². The molecule has 20 heavy (non-hydrogen) atoms. The SMILES string of the molecule is Cc1ccc(CCN(CP(=O)(O)O)CP(=O)(O)O)cc1. The lowest BCUT2D eigenvalue weighted by Crippen LogP contribution is -2.28. The van der Waals surface area contributed by atoms with Crippen molar-refractivity contribution in [3.05, 3.63) is 35.4 Å². The monoisotopic (exact) mass is 323 g/mol. The van der Waals surface area contributed by atoms with Crippen molar-refractivity contribution in [3.63, 3.8) is 0 Å². The summed E-state index contributed by atoms with van der Waals surface area (Å²) in [5.74, 6) is 0. The van der Waals surface area contributed by atoms with Crippen LogP contribution in [0.2, 0.25) is 0 Å². The van der Waals surface area contributed by atoms with Gasteiger partial charge in [0.15, 0.2) is 0 Å². The first-order valence-electron chi connectivity index (χ1n) is 5.92. The number of rotatable bonds is 7. The van der Waals surface area contributed by atoms with Crippen molar-refractivity contribution >= 4 is 15.2 Å². The van der Waals surface area contributed by atoms with Crippen molar-refractivity contribution in [1.82, 2.24) is 4.90 Å². The zero-order chi connectivity index (χ0) is 15.4. The number of hydrogen-bond donors (Lipinski definition) is 4. The molecule has 0 spiro atoms. The van der Waals surface area contributed by atoms with Gasteiger partial charge in [0.05, 0.1) is 0 Å². The largest absolute Gasteiger partial charge is 0.339 e. The van der Waals surface area contributed by atoms with Gasteiger partial charge >= 0.3 is 15.2 Å². The third-order valence-corrected chi connectivity index (χ3v) is 4.14. The van der Waals surface area contributed by atoms with Gasteiger partial charge in [0.25, 0.3) is 0 Å². The number of nitrogens with zero attached hydrogens (tertiary/aromatic N) is 1. The molecule has 0 aliphatic carbocycles. The normalized spacial score (nSPS) is 12.9. The van der Waals surface area contributed by atoms with Crippen LogP contribution < -0.4 is 0 Å². The molecule has 0 amide bonds. The predicted octanol–water partition coefficient (Wildman–Crippen LogP) is 1.11. The molecule has 0 unspecified atom stereocenters. The van der Waals surface area contributed by atoms with Crippen LogP contribution in [0.25, 0.3) is 0 Å². The molecule has 0 radical (unpaired) electrons. The highest BCUT2D eigenvalue weighted by atomic mass is 31.2. The molecule has 0 aromatic heterocycles. The molecule has 0 bridgehead atoms. The molecular formula is C11H19NO6P2. The maximum atomic E-state index is 11.0. The van der Waals surface area contributed by atoms with Crippen LogP contribution in [0.5, 0.6) is 0 Å². The van der Waals surface area contributed by atoms with Crippen LogP contribution in [-0.2, 0) is 15.6 Å². The zero-order valence-electron chi connectivity index (χ0n) is 11.1. The van der Waals surface area contributed by atoms with E-state index < -0.39 is 27.8 Å². The molecule has 1 rings (SSSR count). The molecule has 0 atom stereocenters. The van der Waals surface area contributed by atoms with E-state index in [0.29, 0.717) is 6.42 Å². The maximum Gasteiger partial charge on any atom is 0.339 e. The number of hydrogen-bond acceptors (Lipinski definition) is 3. The molecule has 9 heteroatoms. The molecular weight excluding hydrogens is 304 g/mol. The molecule has 0 fully saturated rings. The fourth-order valence-corrected chi connectivity index (χ4v) is 3.43. The van der Waals surface area contributed by atoms with Crippen LogP contribution in [-0.4, -0.2) is 43.6 Å². The van der Waals surface area contributed by atoms with Crippen LogP contribution in [0, 0.1) is 6.92 Å². The Labute approximate surface area is 117 Å². The summed E-state index contributed by atoms with van der Waals surface area (Å²) in [6, 6.07) is 7.57. The molecule has 0 aliphatic rings. The second kappa shape index (κ2) is 6.96. The first kappa shape index (κ1) is 17.5. The van der Waals surface area contributed by atoms with E-state index in [1.54, 1.807) is 0 Å². The molecule has 0 saturated heterocycles. The van der Waals surface area contributed by atoms with Crippen molar-refractivity contribution < 1.29 is 28.7 Å². The Morgan fingerprint density at radius 1 is 0.950 bits per heavy atom. The fraction of sp³-hybridized carbons (Fsp3) is 0.455. The summed E-state index contributed by atoms with van der Waals surface area (Å²) in [5, 5.41) is 0. The van der Waals surface area contributed by atoms with E-state index in [1.807, 2.05) is 31.2 Å². The Kier molecular flexibility index (Phi) is 6.10. The topological polar surface area (TPSA) is 118 Å². The van der Waals surface area contributed by atoms with Crippen molar-refractivity contribution in [1.29, 1.82) is 0 Å². The Bertz CT molecular complexity index is 496. The average Bonchev–Trinajstić information content (AvgIpc) is 2.23. The highest BCUT2D eigenvalue weighted by Crippen LogP contribution is 2.40. The third-order valence-electron chi connectivity index (χ3n) is 2.61. The summed E-state index contributed by atoms with van der Waals surface area (Å²) >= 11 is 0. The summed E-state index contributed by atoms with van der Waals surface area (Å²) in [6.45, 7) is 2.11. The standard InChI is InChI=1S/C11H19NO6P2/c1-10-2-4-11(5-3-10)6-7-12(8-19(13,14)15)9-20(16,17)18/h2-5H,6-9H2,1H3,(H2,13,14,15)(H2,16,17,18). The summed E-state index contributed by atoms with van der Waals surface area (Å²) in [4.78, 5) is 36.8. The average molecular weight is 323 g/mol. The van der Waals surface area contributed by atoms with Crippen molar-refractivity contribution in [2.24, 2.45) is 0 Å². The quantitative estimate of drug-likeness (QED) is 0.555. The second-order valence-corrected chi connectivity index (χ2v) is 7.97. The van der Waals surface area contributed by atoms with Gasteiger partial charge in [0, 0.05) is 6.54 Å². The molecule has 1 aromatic carbocycles. The van der Waals surface area contributed by atoms with E-state index in [2.05, 4.69) is 0 Å². The summed E-state index contributed by atoms with van der Waals surface area (Å²) in [7, 11) is -8.71. The van der Waals surface area contributed by atoms with E-state index >= 15 is 0 Å². The van der Waals surface area contributed by atoms with Crippen LogP contribution in [0.3, 0.4) is 0 Å². The molecule has 0 heterocycles. The van der Waals surface area contributed by atoms with Gasteiger partial charge in [0.2, 0.25) is 0 Å². The van der Waals surface area contributed by atoms with E-state index in [4.69, 9.17) is 19.6 Å². The minimum Gasteiger partial charge on any atom is -0.324 e. The minimum atomic E-state index is -4.35. The minimum absolute atomic E-state index is 0.166. The molecule has 1 aromatic rings. The van der Waals surface area contributed by atoms with Gasteiger partial charge < -0.3 is 19.6 Å². The molecule has 4 N–H and O–H groups in total. The fourth-order valence-electron chi connectivity index (χ4n) is 1.75. The predicted molar refractivity (Wildman–Crippen MR) is 75.4 cm³/mol. The van der Waals surface area contributed by atoms with E-state index in [1.165, 1.54) is 0 Å².